The average Bonchev–Trinajstić information content (AvgIpc) is 3.26. The molecular weight excluding hydrogens is 372 g/mol. The van der Waals surface area contributed by atoms with Gasteiger partial charge in [-0.1, -0.05) is 13.3 Å². The van der Waals surface area contributed by atoms with Crippen LogP contribution in [0.3, 0.4) is 0 Å². The number of imidazole rings is 1. The van der Waals surface area contributed by atoms with Gasteiger partial charge in [0.25, 0.3) is 5.90 Å². The number of hydrogen-bond donors (Lipinski definition) is 2. The zero-order chi connectivity index (χ0) is 19.9. The molecule has 0 bridgehead atoms. The Hall–Kier alpha value is -1.78. The Morgan fingerprint density at radius 3 is 2.89 bits per heavy atom. The number of aromatic amines is 1. The Bertz CT molecular complexity index is 759. The van der Waals surface area contributed by atoms with Crippen molar-refractivity contribution in [2.45, 2.75) is 51.7 Å². The Kier molecular flexibility index (Phi) is 7.93. The number of nitrogens with zero attached hydrogens (tertiary/aromatic N) is 2. The SMILES string of the molecule is CCCCOC[C@@H]1CCC(c2cnc(/C(=N\C(=N)S(C)(=O)=O)OCC)[nH]2)O1. The summed E-state index contributed by atoms with van der Waals surface area (Å²) in [7, 11) is -3.72. The second kappa shape index (κ2) is 9.95. The number of ether oxygens (including phenoxy) is 3. The zero-order valence-corrected chi connectivity index (χ0v) is 16.8. The van der Waals surface area contributed by atoms with E-state index >= 15 is 0 Å². The summed E-state index contributed by atoms with van der Waals surface area (Å²) in [5.41, 5.74) is 0.763. The number of aromatic nitrogens is 2. The third kappa shape index (κ3) is 6.40. The first-order chi connectivity index (χ1) is 12.8. The second-order valence-electron chi connectivity index (χ2n) is 6.37. The van der Waals surface area contributed by atoms with Crippen LogP contribution in [0.5, 0.6) is 0 Å². The summed E-state index contributed by atoms with van der Waals surface area (Å²) >= 11 is 0. The fourth-order valence-corrected chi connectivity index (χ4v) is 2.84. The molecule has 2 N–H and O–H groups in total. The van der Waals surface area contributed by atoms with E-state index < -0.39 is 15.0 Å². The first kappa shape index (κ1) is 21.5. The maximum Gasteiger partial charge on any atom is 0.260 e. The number of sulfone groups is 1. The van der Waals surface area contributed by atoms with Crippen LogP contribution in [0.15, 0.2) is 11.2 Å². The number of H-pyrrole nitrogens is 1. The van der Waals surface area contributed by atoms with Crippen molar-refractivity contribution in [1.82, 2.24) is 9.97 Å². The van der Waals surface area contributed by atoms with Gasteiger partial charge in [0.2, 0.25) is 15.0 Å². The molecule has 0 aromatic carbocycles. The molecular formula is C17H28N4O5S. The lowest BCUT2D eigenvalue weighted by molar-refractivity contribution is -0.0173. The number of amidine groups is 1. The van der Waals surface area contributed by atoms with Crippen molar-refractivity contribution in [3.63, 3.8) is 0 Å². The molecule has 10 heteroatoms. The fraction of sp³-hybridized carbons (Fsp3) is 0.706. The van der Waals surface area contributed by atoms with Gasteiger partial charge in [-0.15, -0.1) is 0 Å². The summed E-state index contributed by atoms with van der Waals surface area (Å²) in [5.74, 6) is 0.239. The summed E-state index contributed by atoms with van der Waals surface area (Å²) in [6.45, 7) is 5.46. The van der Waals surface area contributed by atoms with Crippen LogP contribution in [0.4, 0.5) is 0 Å². The summed E-state index contributed by atoms with van der Waals surface area (Å²) in [5, 5.41) is 6.78. The third-order valence-electron chi connectivity index (χ3n) is 4.03. The average molecular weight is 401 g/mol. The highest BCUT2D eigenvalue weighted by atomic mass is 32.2. The van der Waals surface area contributed by atoms with E-state index in [4.69, 9.17) is 19.6 Å². The van der Waals surface area contributed by atoms with Gasteiger partial charge in [-0.2, -0.15) is 4.99 Å². The minimum Gasteiger partial charge on any atom is -0.475 e. The number of nitrogens with one attached hydrogen (secondary N) is 2. The molecule has 1 aliphatic rings. The Labute approximate surface area is 160 Å². The van der Waals surface area contributed by atoms with E-state index in [1.54, 1.807) is 13.1 Å². The minimum atomic E-state index is -3.72. The largest absolute Gasteiger partial charge is 0.475 e. The highest BCUT2D eigenvalue weighted by Crippen LogP contribution is 2.31. The van der Waals surface area contributed by atoms with Crippen molar-refractivity contribution < 1.29 is 22.6 Å². The van der Waals surface area contributed by atoms with Gasteiger partial charge in [0.05, 0.1) is 37.3 Å². The number of hydrogen-bond acceptors (Lipinski definition) is 7. The van der Waals surface area contributed by atoms with Gasteiger partial charge in [-0.25, -0.2) is 13.4 Å². The zero-order valence-electron chi connectivity index (χ0n) is 16.0. The second-order valence-corrected chi connectivity index (χ2v) is 8.30. The van der Waals surface area contributed by atoms with Gasteiger partial charge >= 0.3 is 0 Å². The quantitative estimate of drug-likeness (QED) is 0.391. The predicted molar refractivity (Wildman–Crippen MR) is 102 cm³/mol. The molecule has 0 spiro atoms. The smallest absolute Gasteiger partial charge is 0.260 e. The molecule has 1 aliphatic heterocycles. The van der Waals surface area contributed by atoms with E-state index in [2.05, 4.69) is 21.9 Å². The minimum absolute atomic E-state index is 0.0309. The van der Waals surface area contributed by atoms with Crippen LogP contribution in [0.2, 0.25) is 0 Å². The van der Waals surface area contributed by atoms with Crippen LogP contribution in [0.25, 0.3) is 0 Å². The topological polar surface area (TPSA) is 127 Å². The lowest BCUT2D eigenvalue weighted by atomic mass is 10.1. The van der Waals surface area contributed by atoms with Crippen molar-refractivity contribution in [1.29, 1.82) is 5.41 Å². The van der Waals surface area contributed by atoms with Crippen LogP contribution >= 0.6 is 0 Å². The van der Waals surface area contributed by atoms with Gasteiger partial charge in [0.15, 0.2) is 5.82 Å². The lowest BCUT2D eigenvalue weighted by Gasteiger charge is -2.13. The molecule has 1 unspecified atom stereocenters. The van der Waals surface area contributed by atoms with Crippen molar-refractivity contribution in [3.05, 3.63) is 17.7 Å². The molecule has 0 amide bonds. The normalized spacial score (nSPS) is 20.8. The lowest BCUT2D eigenvalue weighted by Crippen LogP contribution is -2.16. The molecule has 2 heterocycles. The molecule has 152 valence electrons. The van der Waals surface area contributed by atoms with Gasteiger partial charge in [0, 0.05) is 12.9 Å². The van der Waals surface area contributed by atoms with Gasteiger partial charge < -0.3 is 19.2 Å². The highest BCUT2D eigenvalue weighted by Gasteiger charge is 2.28. The molecule has 2 atom stereocenters. The Balaban J connectivity index is 2.02. The molecule has 1 aromatic rings. The van der Waals surface area contributed by atoms with E-state index in [0.717, 1.165) is 44.2 Å². The first-order valence-corrected chi connectivity index (χ1v) is 11.0. The molecule has 0 aliphatic carbocycles. The van der Waals surface area contributed by atoms with Crippen LogP contribution in [-0.4, -0.2) is 61.6 Å². The maximum absolute atomic E-state index is 11.4. The van der Waals surface area contributed by atoms with Gasteiger partial charge in [0.1, 0.15) is 0 Å². The summed E-state index contributed by atoms with van der Waals surface area (Å²) in [4.78, 5) is 11.0. The van der Waals surface area contributed by atoms with E-state index in [9.17, 15) is 8.42 Å². The Morgan fingerprint density at radius 2 is 2.22 bits per heavy atom. The van der Waals surface area contributed by atoms with E-state index in [-0.39, 0.29) is 30.5 Å². The van der Waals surface area contributed by atoms with E-state index in [0.29, 0.717) is 6.61 Å². The monoisotopic (exact) mass is 400 g/mol. The number of unbranched alkanes of at least 4 members (excludes halogenated alkanes) is 1. The molecule has 9 nitrogen and oxygen atoms in total. The maximum atomic E-state index is 11.4. The third-order valence-corrected chi connectivity index (χ3v) is 4.83. The van der Waals surface area contributed by atoms with Gasteiger partial charge in [-0.05, 0) is 26.2 Å². The summed E-state index contributed by atoms with van der Waals surface area (Å²) in [6.07, 6.45) is 6.35. The predicted octanol–water partition coefficient (Wildman–Crippen LogP) is 2.21. The van der Waals surface area contributed by atoms with Crippen molar-refractivity contribution >= 4 is 20.9 Å². The molecule has 2 rings (SSSR count). The number of aliphatic imine (C=N–C) groups is 1. The molecule has 0 radical (unpaired) electrons. The standard InChI is InChI=1S/C17H28N4O5S/c1-4-6-9-24-11-12-7-8-14(26-12)13-10-19-15(20-13)16(25-5-2)21-17(18)27(3,22)23/h10,12,14,18H,4-9,11H2,1-3H3,(H,19,20)/b18-17?,21-16+/t12-,14?/m0/s1. The molecule has 27 heavy (non-hydrogen) atoms. The summed E-state index contributed by atoms with van der Waals surface area (Å²) in [6, 6.07) is 0. The molecule has 1 saturated heterocycles. The van der Waals surface area contributed by atoms with Crippen LogP contribution in [0.1, 0.15) is 57.2 Å². The van der Waals surface area contributed by atoms with Crippen molar-refractivity contribution in [2.75, 3.05) is 26.1 Å². The Morgan fingerprint density at radius 1 is 1.44 bits per heavy atom. The number of rotatable bonds is 8. The van der Waals surface area contributed by atoms with Crippen LogP contribution in [-0.2, 0) is 24.0 Å². The highest BCUT2D eigenvalue weighted by molar-refractivity contribution is 8.05. The van der Waals surface area contributed by atoms with Crippen molar-refractivity contribution in [2.24, 2.45) is 4.99 Å². The summed E-state index contributed by atoms with van der Waals surface area (Å²) < 4.78 is 39.8. The van der Waals surface area contributed by atoms with Crippen molar-refractivity contribution in [3.8, 4) is 0 Å². The first-order valence-electron chi connectivity index (χ1n) is 9.13. The molecule has 1 aromatic heterocycles. The van der Waals surface area contributed by atoms with E-state index in [1.165, 1.54) is 0 Å². The van der Waals surface area contributed by atoms with Crippen LogP contribution < -0.4 is 0 Å². The molecule has 0 saturated carbocycles. The fourth-order valence-electron chi connectivity index (χ4n) is 2.59. The van der Waals surface area contributed by atoms with Gasteiger partial charge in [-0.3, -0.25) is 5.41 Å². The molecule has 1 fully saturated rings. The van der Waals surface area contributed by atoms with E-state index in [1.807, 2.05) is 0 Å². The van der Waals surface area contributed by atoms with Crippen LogP contribution in [0, 0.1) is 5.41 Å².